The highest BCUT2D eigenvalue weighted by Gasteiger charge is 2.20. The number of nitrogens with zero attached hydrogens (tertiary/aromatic N) is 3. The molecule has 1 atom stereocenters. The zero-order valence-electron chi connectivity index (χ0n) is 11.8. The molecule has 0 unspecified atom stereocenters. The quantitative estimate of drug-likeness (QED) is 0.856. The van der Waals surface area contributed by atoms with Gasteiger partial charge in [0.2, 0.25) is 5.82 Å². The predicted molar refractivity (Wildman–Crippen MR) is 75.3 cm³/mol. The number of aliphatic carboxylic acids is 1. The molecule has 0 fully saturated rings. The summed E-state index contributed by atoms with van der Waals surface area (Å²) in [5.74, 6) is -1.12. The van der Waals surface area contributed by atoms with Crippen molar-refractivity contribution in [2.75, 3.05) is 0 Å². The average molecular weight is 288 g/mol. The lowest BCUT2D eigenvalue weighted by Crippen LogP contribution is -2.38. The van der Waals surface area contributed by atoms with Crippen molar-refractivity contribution >= 4 is 11.9 Å². The molecule has 21 heavy (non-hydrogen) atoms. The Balaban J connectivity index is 2.29. The Morgan fingerprint density at radius 2 is 2.00 bits per heavy atom. The van der Waals surface area contributed by atoms with Crippen LogP contribution in [-0.4, -0.2) is 37.8 Å². The van der Waals surface area contributed by atoms with Crippen LogP contribution in [0.25, 0.3) is 5.69 Å². The highest BCUT2D eigenvalue weighted by molar-refractivity contribution is 5.93. The number of amides is 1. The third kappa shape index (κ3) is 3.25. The number of hydrogen-bond acceptors (Lipinski definition) is 4. The van der Waals surface area contributed by atoms with E-state index in [2.05, 4.69) is 15.4 Å². The molecule has 2 aromatic rings. The molecule has 1 aromatic heterocycles. The van der Waals surface area contributed by atoms with Crippen molar-refractivity contribution in [3.05, 3.63) is 42.0 Å². The van der Waals surface area contributed by atoms with Gasteiger partial charge in [-0.15, -0.1) is 5.10 Å². The van der Waals surface area contributed by atoms with Crippen molar-refractivity contribution in [1.29, 1.82) is 0 Å². The molecule has 0 aliphatic heterocycles. The number of para-hydroxylation sites is 1. The van der Waals surface area contributed by atoms with Gasteiger partial charge in [-0.2, -0.15) is 0 Å². The minimum absolute atomic E-state index is 0.0381. The minimum Gasteiger partial charge on any atom is -0.480 e. The van der Waals surface area contributed by atoms with Crippen LogP contribution in [0.3, 0.4) is 0 Å². The molecule has 0 bridgehead atoms. The molecule has 0 spiro atoms. The van der Waals surface area contributed by atoms with Gasteiger partial charge in [0, 0.05) is 6.42 Å². The first-order chi connectivity index (χ1) is 10.0. The van der Waals surface area contributed by atoms with Gasteiger partial charge in [-0.1, -0.05) is 25.1 Å². The third-order valence-electron chi connectivity index (χ3n) is 2.91. The van der Waals surface area contributed by atoms with Crippen molar-refractivity contribution in [2.24, 2.45) is 0 Å². The summed E-state index contributed by atoms with van der Waals surface area (Å²) in [5.41, 5.74) is 0.798. The Bertz CT molecular complexity index is 651. The Morgan fingerprint density at radius 1 is 1.33 bits per heavy atom. The van der Waals surface area contributed by atoms with E-state index in [0.29, 0.717) is 12.2 Å². The number of rotatable bonds is 5. The topological polar surface area (TPSA) is 97.1 Å². The Hall–Kier alpha value is -2.70. The van der Waals surface area contributed by atoms with E-state index in [0.717, 1.165) is 5.69 Å². The van der Waals surface area contributed by atoms with Crippen molar-refractivity contribution in [3.8, 4) is 5.69 Å². The van der Waals surface area contributed by atoms with Crippen LogP contribution >= 0.6 is 0 Å². The first kappa shape index (κ1) is 14.7. The lowest BCUT2D eigenvalue weighted by Gasteiger charge is -2.06. The number of carbonyl (C=O) groups excluding carboxylic acids is 1. The summed E-state index contributed by atoms with van der Waals surface area (Å²) in [7, 11) is 0. The number of aromatic nitrogens is 3. The van der Waals surface area contributed by atoms with E-state index >= 15 is 0 Å². The van der Waals surface area contributed by atoms with Gasteiger partial charge in [0.25, 0.3) is 5.91 Å². The van der Waals surface area contributed by atoms with Crippen molar-refractivity contribution in [1.82, 2.24) is 20.1 Å². The molecule has 2 N–H and O–H groups in total. The number of benzene rings is 1. The maximum Gasteiger partial charge on any atom is 0.325 e. The van der Waals surface area contributed by atoms with Gasteiger partial charge in [-0.3, -0.25) is 9.59 Å². The predicted octanol–water partition coefficient (Wildman–Crippen LogP) is 1.03. The molecular formula is C14H16N4O3. The summed E-state index contributed by atoms with van der Waals surface area (Å²) in [4.78, 5) is 26.9. The molecule has 0 saturated carbocycles. The molecule has 110 valence electrons. The minimum atomic E-state index is -1.11. The monoisotopic (exact) mass is 288 g/mol. The van der Waals surface area contributed by atoms with E-state index in [-0.39, 0.29) is 5.82 Å². The van der Waals surface area contributed by atoms with E-state index < -0.39 is 17.9 Å². The molecular weight excluding hydrogens is 272 g/mol. The number of carboxylic acids is 1. The molecule has 1 amide bonds. The van der Waals surface area contributed by atoms with Crippen LogP contribution < -0.4 is 5.32 Å². The second-order valence-electron chi connectivity index (χ2n) is 4.49. The van der Waals surface area contributed by atoms with Crippen LogP contribution in [0.15, 0.2) is 30.3 Å². The van der Waals surface area contributed by atoms with Gasteiger partial charge in [0.05, 0.1) is 5.69 Å². The summed E-state index contributed by atoms with van der Waals surface area (Å²) in [6.45, 7) is 3.29. The number of nitrogens with one attached hydrogen (secondary N) is 1. The number of carbonyl (C=O) groups is 2. The summed E-state index contributed by atoms with van der Waals surface area (Å²) < 4.78 is 1.58. The smallest absolute Gasteiger partial charge is 0.325 e. The SMILES string of the molecule is CCc1nc(C(=O)N[C@H](C)C(=O)O)nn1-c1ccccc1. The van der Waals surface area contributed by atoms with E-state index in [4.69, 9.17) is 5.11 Å². The van der Waals surface area contributed by atoms with Crippen molar-refractivity contribution < 1.29 is 14.7 Å². The molecule has 7 nitrogen and oxygen atoms in total. The summed E-state index contributed by atoms with van der Waals surface area (Å²) in [5, 5.41) is 15.3. The van der Waals surface area contributed by atoms with Gasteiger partial charge in [0.15, 0.2) is 0 Å². The van der Waals surface area contributed by atoms with E-state index in [1.807, 2.05) is 37.3 Å². The number of hydrogen-bond donors (Lipinski definition) is 2. The van der Waals surface area contributed by atoms with Crippen LogP contribution in [0.2, 0.25) is 0 Å². The number of aryl methyl sites for hydroxylation is 1. The van der Waals surface area contributed by atoms with Gasteiger partial charge in [0.1, 0.15) is 11.9 Å². The highest BCUT2D eigenvalue weighted by Crippen LogP contribution is 2.10. The average Bonchev–Trinajstić information content (AvgIpc) is 2.92. The summed E-state index contributed by atoms with van der Waals surface area (Å²) in [6, 6.07) is 8.33. The van der Waals surface area contributed by atoms with Crippen LogP contribution in [0.4, 0.5) is 0 Å². The lowest BCUT2D eigenvalue weighted by molar-refractivity contribution is -0.138. The van der Waals surface area contributed by atoms with Crippen molar-refractivity contribution in [3.63, 3.8) is 0 Å². The van der Waals surface area contributed by atoms with Crippen LogP contribution in [-0.2, 0) is 11.2 Å². The number of carboxylic acid groups (broad SMARTS) is 1. The standard InChI is InChI=1S/C14H16N4O3/c1-3-11-16-12(13(19)15-9(2)14(20)21)17-18(11)10-7-5-4-6-8-10/h4-9H,3H2,1-2H3,(H,15,19)(H,20,21)/t9-/m1/s1. The Labute approximate surface area is 121 Å². The summed E-state index contributed by atoms with van der Waals surface area (Å²) >= 11 is 0. The lowest BCUT2D eigenvalue weighted by atomic mass is 10.3. The van der Waals surface area contributed by atoms with Crippen LogP contribution in [0.5, 0.6) is 0 Å². The molecule has 0 aliphatic carbocycles. The van der Waals surface area contributed by atoms with E-state index in [1.54, 1.807) is 4.68 Å². The van der Waals surface area contributed by atoms with E-state index in [9.17, 15) is 9.59 Å². The molecule has 7 heteroatoms. The van der Waals surface area contributed by atoms with Crippen molar-refractivity contribution in [2.45, 2.75) is 26.3 Å². The Morgan fingerprint density at radius 3 is 2.57 bits per heavy atom. The fraction of sp³-hybridized carbons (Fsp3) is 0.286. The first-order valence-corrected chi connectivity index (χ1v) is 6.58. The van der Waals surface area contributed by atoms with Crippen LogP contribution in [0.1, 0.15) is 30.3 Å². The fourth-order valence-corrected chi connectivity index (χ4v) is 1.77. The fourth-order valence-electron chi connectivity index (χ4n) is 1.77. The zero-order chi connectivity index (χ0) is 15.4. The second-order valence-corrected chi connectivity index (χ2v) is 4.49. The van der Waals surface area contributed by atoms with Crippen LogP contribution in [0, 0.1) is 0 Å². The first-order valence-electron chi connectivity index (χ1n) is 6.58. The van der Waals surface area contributed by atoms with Gasteiger partial charge in [-0.05, 0) is 19.1 Å². The molecule has 2 rings (SSSR count). The molecule has 1 heterocycles. The largest absolute Gasteiger partial charge is 0.480 e. The second kappa shape index (κ2) is 6.17. The molecule has 0 aliphatic rings. The molecule has 0 radical (unpaired) electrons. The van der Waals surface area contributed by atoms with Gasteiger partial charge in [-0.25, -0.2) is 9.67 Å². The normalized spacial score (nSPS) is 11.9. The Kier molecular flexibility index (Phi) is 4.32. The van der Waals surface area contributed by atoms with E-state index in [1.165, 1.54) is 6.92 Å². The van der Waals surface area contributed by atoms with Gasteiger partial charge < -0.3 is 10.4 Å². The maximum atomic E-state index is 12.0. The molecule has 0 saturated heterocycles. The van der Waals surface area contributed by atoms with Gasteiger partial charge >= 0.3 is 5.97 Å². The molecule has 1 aromatic carbocycles. The third-order valence-corrected chi connectivity index (χ3v) is 2.91. The zero-order valence-corrected chi connectivity index (χ0v) is 11.8. The summed E-state index contributed by atoms with van der Waals surface area (Å²) in [6.07, 6.45) is 0.601. The highest BCUT2D eigenvalue weighted by atomic mass is 16.4. The maximum absolute atomic E-state index is 12.0.